The molecule has 0 saturated heterocycles. The van der Waals surface area contributed by atoms with Crippen LogP contribution in [-0.2, 0) is 6.42 Å². The summed E-state index contributed by atoms with van der Waals surface area (Å²) in [7, 11) is 3.27. The summed E-state index contributed by atoms with van der Waals surface area (Å²) in [6.45, 7) is 0. The maximum atomic E-state index is 10.2. The van der Waals surface area contributed by atoms with Crippen molar-refractivity contribution >= 4 is 0 Å². The number of methoxy groups -OCH3 is 2. The van der Waals surface area contributed by atoms with Gasteiger partial charge in [-0.1, -0.05) is 24.3 Å². The Hall–Kier alpha value is -2.00. The summed E-state index contributed by atoms with van der Waals surface area (Å²) >= 11 is 0. The molecule has 1 unspecified atom stereocenters. The van der Waals surface area contributed by atoms with Crippen LogP contribution in [0.4, 0.5) is 0 Å². The van der Waals surface area contributed by atoms with Gasteiger partial charge in [-0.2, -0.15) is 0 Å². The van der Waals surface area contributed by atoms with Crippen molar-refractivity contribution in [2.75, 3.05) is 14.2 Å². The van der Waals surface area contributed by atoms with E-state index in [0.717, 1.165) is 22.6 Å². The second-order valence-corrected chi connectivity index (χ2v) is 4.34. The SMILES string of the molecule is COc1ccc(CC(O)c2ccc(OC)cc2)cc1. The fourth-order valence-corrected chi connectivity index (χ4v) is 1.93. The molecular formula is C16H18O3. The van der Waals surface area contributed by atoms with E-state index in [1.165, 1.54) is 0 Å². The van der Waals surface area contributed by atoms with Gasteiger partial charge in [0, 0.05) is 6.42 Å². The number of benzene rings is 2. The number of hydrogen-bond donors (Lipinski definition) is 1. The molecule has 0 bridgehead atoms. The van der Waals surface area contributed by atoms with Crippen molar-refractivity contribution in [2.24, 2.45) is 0 Å². The molecular weight excluding hydrogens is 240 g/mol. The summed E-state index contributed by atoms with van der Waals surface area (Å²) in [5.41, 5.74) is 1.96. The molecule has 0 aliphatic carbocycles. The largest absolute Gasteiger partial charge is 0.497 e. The predicted octanol–water partition coefficient (Wildman–Crippen LogP) is 2.98. The lowest BCUT2D eigenvalue weighted by Crippen LogP contribution is -2.01. The summed E-state index contributed by atoms with van der Waals surface area (Å²) in [5.74, 6) is 1.61. The van der Waals surface area contributed by atoms with Gasteiger partial charge in [-0.3, -0.25) is 0 Å². The summed E-state index contributed by atoms with van der Waals surface area (Å²) in [5, 5.41) is 10.2. The zero-order valence-electron chi connectivity index (χ0n) is 11.2. The summed E-state index contributed by atoms with van der Waals surface area (Å²) in [4.78, 5) is 0. The first-order valence-electron chi connectivity index (χ1n) is 6.18. The topological polar surface area (TPSA) is 38.7 Å². The Labute approximate surface area is 113 Å². The minimum atomic E-state index is -0.515. The molecule has 2 aromatic carbocycles. The predicted molar refractivity (Wildman–Crippen MR) is 74.7 cm³/mol. The lowest BCUT2D eigenvalue weighted by molar-refractivity contribution is 0.178. The first-order valence-corrected chi connectivity index (χ1v) is 6.18. The Bertz CT molecular complexity index is 503. The number of aliphatic hydroxyl groups is 1. The molecule has 100 valence electrons. The molecule has 19 heavy (non-hydrogen) atoms. The zero-order chi connectivity index (χ0) is 13.7. The van der Waals surface area contributed by atoms with Crippen molar-refractivity contribution in [3.63, 3.8) is 0 Å². The molecule has 2 rings (SSSR count). The van der Waals surface area contributed by atoms with Crippen LogP contribution >= 0.6 is 0 Å². The van der Waals surface area contributed by atoms with E-state index in [2.05, 4.69) is 0 Å². The van der Waals surface area contributed by atoms with Crippen molar-refractivity contribution in [2.45, 2.75) is 12.5 Å². The molecule has 0 aliphatic heterocycles. The molecule has 3 heteroatoms. The van der Waals surface area contributed by atoms with Gasteiger partial charge in [0.25, 0.3) is 0 Å². The van der Waals surface area contributed by atoms with Crippen molar-refractivity contribution in [1.82, 2.24) is 0 Å². The molecule has 0 heterocycles. The molecule has 1 atom stereocenters. The Morgan fingerprint density at radius 3 is 1.79 bits per heavy atom. The molecule has 1 N–H and O–H groups in total. The van der Waals surface area contributed by atoms with E-state index < -0.39 is 6.10 Å². The molecule has 3 nitrogen and oxygen atoms in total. The van der Waals surface area contributed by atoms with Crippen molar-refractivity contribution in [3.8, 4) is 11.5 Å². The van der Waals surface area contributed by atoms with E-state index in [0.29, 0.717) is 6.42 Å². The third-order valence-corrected chi connectivity index (χ3v) is 3.09. The van der Waals surface area contributed by atoms with E-state index >= 15 is 0 Å². The Morgan fingerprint density at radius 1 is 0.842 bits per heavy atom. The molecule has 0 radical (unpaired) electrons. The van der Waals surface area contributed by atoms with E-state index in [1.807, 2.05) is 48.5 Å². The summed E-state index contributed by atoms with van der Waals surface area (Å²) < 4.78 is 10.2. The fraction of sp³-hybridized carbons (Fsp3) is 0.250. The minimum Gasteiger partial charge on any atom is -0.497 e. The highest BCUT2D eigenvalue weighted by Gasteiger charge is 2.08. The number of rotatable bonds is 5. The molecule has 0 saturated carbocycles. The molecule has 2 aromatic rings. The Morgan fingerprint density at radius 2 is 1.32 bits per heavy atom. The van der Waals surface area contributed by atoms with Gasteiger partial charge in [0.05, 0.1) is 20.3 Å². The van der Waals surface area contributed by atoms with Gasteiger partial charge in [0.1, 0.15) is 11.5 Å². The third-order valence-electron chi connectivity index (χ3n) is 3.09. The van der Waals surface area contributed by atoms with Gasteiger partial charge < -0.3 is 14.6 Å². The molecule has 0 amide bonds. The normalized spacial score (nSPS) is 11.9. The molecule has 0 spiro atoms. The lowest BCUT2D eigenvalue weighted by Gasteiger charge is -2.12. The van der Waals surface area contributed by atoms with Gasteiger partial charge in [-0.05, 0) is 35.4 Å². The fourth-order valence-electron chi connectivity index (χ4n) is 1.93. The first-order chi connectivity index (χ1) is 9.22. The van der Waals surface area contributed by atoms with Crippen LogP contribution in [0.2, 0.25) is 0 Å². The Kier molecular flexibility index (Phi) is 4.42. The number of ether oxygens (including phenoxy) is 2. The highest BCUT2D eigenvalue weighted by molar-refractivity contribution is 5.31. The smallest absolute Gasteiger partial charge is 0.118 e. The van der Waals surface area contributed by atoms with Gasteiger partial charge in [-0.25, -0.2) is 0 Å². The lowest BCUT2D eigenvalue weighted by atomic mass is 10.0. The molecule has 0 fully saturated rings. The average molecular weight is 258 g/mol. The second-order valence-electron chi connectivity index (χ2n) is 4.34. The van der Waals surface area contributed by atoms with Gasteiger partial charge in [0.15, 0.2) is 0 Å². The maximum absolute atomic E-state index is 10.2. The average Bonchev–Trinajstić information content (AvgIpc) is 2.48. The van der Waals surface area contributed by atoms with Crippen LogP contribution in [0.15, 0.2) is 48.5 Å². The quantitative estimate of drug-likeness (QED) is 0.896. The standard InChI is InChI=1S/C16H18O3/c1-18-14-7-3-12(4-8-14)11-16(17)13-5-9-15(19-2)10-6-13/h3-10,16-17H,11H2,1-2H3. The molecule has 0 aliphatic rings. The van der Waals surface area contributed by atoms with Crippen molar-refractivity contribution in [3.05, 3.63) is 59.7 Å². The van der Waals surface area contributed by atoms with Crippen molar-refractivity contribution < 1.29 is 14.6 Å². The van der Waals surface area contributed by atoms with E-state index in [1.54, 1.807) is 14.2 Å². The van der Waals surface area contributed by atoms with Crippen molar-refractivity contribution in [1.29, 1.82) is 0 Å². The highest BCUT2D eigenvalue weighted by Crippen LogP contribution is 2.22. The second kappa shape index (κ2) is 6.25. The number of hydrogen-bond acceptors (Lipinski definition) is 3. The highest BCUT2D eigenvalue weighted by atomic mass is 16.5. The maximum Gasteiger partial charge on any atom is 0.118 e. The van der Waals surface area contributed by atoms with Gasteiger partial charge >= 0.3 is 0 Å². The van der Waals surface area contributed by atoms with E-state index in [9.17, 15) is 5.11 Å². The van der Waals surface area contributed by atoms with Crippen LogP contribution in [0.25, 0.3) is 0 Å². The Balaban J connectivity index is 2.04. The van der Waals surface area contributed by atoms with E-state index in [4.69, 9.17) is 9.47 Å². The minimum absolute atomic E-state index is 0.515. The third kappa shape index (κ3) is 3.48. The van der Waals surface area contributed by atoms with E-state index in [-0.39, 0.29) is 0 Å². The number of aliphatic hydroxyl groups excluding tert-OH is 1. The first kappa shape index (κ1) is 13.4. The van der Waals surface area contributed by atoms with Crippen LogP contribution in [0, 0.1) is 0 Å². The monoisotopic (exact) mass is 258 g/mol. The van der Waals surface area contributed by atoms with Crippen LogP contribution < -0.4 is 9.47 Å². The molecule has 0 aromatic heterocycles. The van der Waals surface area contributed by atoms with Gasteiger partial charge in [0.2, 0.25) is 0 Å². The van der Waals surface area contributed by atoms with Gasteiger partial charge in [-0.15, -0.1) is 0 Å². The summed E-state index contributed by atoms with van der Waals surface area (Å²) in [6.07, 6.45) is 0.0651. The zero-order valence-corrected chi connectivity index (χ0v) is 11.2. The van der Waals surface area contributed by atoms with Crippen LogP contribution in [0.1, 0.15) is 17.2 Å². The van der Waals surface area contributed by atoms with Crippen LogP contribution in [0.5, 0.6) is 11.5 Å². The van der Waals surface area contributed by atoms with Crippen LogP contribution in [-0.4, -0.2) is 19.3 Å². The van der Waals surface area contributed by atoms with Crippen LogP contribution in [0.3, 0.4) is 0 Å². The summed E-state index contributed by atoms with van der Waals surface area (Å²) in [6, 6.07) is 15.2.